The molecule has 0 aliphatic carbocycles. The van der Waals surface area contributed by atoms with Crippen LogP contribution in [0.5, 0.6) is 0 Å². The summed E-state index contributed by atoms with van der Waals surface area (Å²) in [5.74, 6) is -0.480. The zero-order chi connectivity index (χ0) is 25.3. The Labute approximate surface area is 212 Å². The van der Waals surface area contributed by atoms with Crippen molar-refractivity contribution in [1.82, 2.24) is 14.3 Å². The molecule has 1 aromatic carbocycles. The summed E-state index contributed by atoms with van der Waals surface area (Å²) in [6.45, 7) is 5.07. The molecule has 0 saturated carbocycles. The molecule has 1 atom stereocenters. The fraction of sp³-hybridized carbons (Fsp3) is 0.385. The Hall–Kier alpha value is -2.68. The summed E-state index contributed by atoms with van der Waals surface area (Å²) < 4.78 is 35.1. The van der Waals surface area contributed by atoms with Gasteiger partial charge in [-0.05, 0) is 73.7 Å². The molecule has 0 radical (unpaired) electrons. The third kappa shape index (κ3) is 8.19. The first-order chi connectivity index (χ1) is 16.8. The van der Waals surface area contributed by atoms with Gasteiger partial charge in [-0.1, -0.05) is 24.6 Å². The Balaban J connectivity index is 1.65. The molecule has 2 aromatic heterocycles. The van der Waals surface area contributed by atoms with E-state index in [1.54, 1.807) is 25.3 Å². The molecule has 0 amide bonds. The van der Waals surface area contributed by atoms with Crippen LogP contribution in [0.3, 0.4) is 0 Å². The van der Waals surface area contributed by atoms with E-state index in [1.807, 2.05) is 25.4 Å². The first-order valence-corrected chi connectivity index (χ1v) is 13.6. The number of hydrogen-bond donors (Lipinski definition) is 1. The van der Waals surface area contributed by atoms with E-state index in [0.717, 1.165) is 30.6 Å². The standard InChI is InChI=1S/C26H32ClN3O4S/c1-3-34-26(31)20(2)16-24-17-22(19-30(24)15-5-7-21-6-4-13-28-18-21)12-14-29-35(32,33)25-10-8-23(27)9-11-25/h4,6,8-11,13,17-20,29H,3,5,7,12,14-16H2,1-2H3. The van der Waals surface area contributed by atoms with Gasteiger partial charge in [-0.2, -0.15) is 0 Å². The maximum Gasteiger partial charge on any atom is 0.309 e. The van der Waals surface area contributed by atoms with Gasteiger partial charge in [0.25, 0.3) is 0 Å². The van der Waals surface area contributed by atoms with Crippen molar-refractivity contribution in [3.63, 3.8) is 0 Å². The Morgan fingerprint density at radius 2 is 1.94 bits per heavy atom. The smallest absolute Gasteiger partial charge is 0.309 e. The van der Waals surface area contributed by atoms with E-state index in [0.29, 0.717) is 24.5 Å². The highest BCUT2D eigenvalue weighted by molar-refractivity contribution is 7.89. The van der Waals surface area contributed by atoms with Gasteiger partial charge in [0, 0.05) is 48.8 Å². The van der Waals surface area contributed by atoms with Gasteiger partial charge in [-0.3, -0.25) is 9.78 Å². The minimum absolute atomic E-state index is 0.179. The Kier molecular flexibility index (Phi) is 9.89. The topological polar surface area (TPSA) is 90.3 Å². The molecule has 0 saturated heterocycles. The molecule has 2 heterocycles. The van der Waals surface area contributed by atoms with Crippen molar-refractivity contribution >= 4 is 27.6 Å². The molecule has 0 fully saturated rings. The van der Waals surface area contributed by atoms with E-state index in [1.165, 1.54) is 17.7 Å². The first kappa shape index (κ1) is 26.9. The summed E-state index contributed by atoms with van der Waals surface area (Å²) in [5, 5.41) is 0.485. The highest BCUT2D eigenvalue weighted by Gasteiger charge is 2.18. The van der Waals surface area contributed by atoms with Crippen LogP contribution in [0, 0.1) is 5.92 Å². The normalized spacial score (nSPS) is 12.4. The van der Waals surface area contributed by atoms with E-state index in [9.17, 15) is 13.2 Å². The van der Waals surface area contributed by atoms with E-state index in [2.05, 4.69) is 26.4 Å². The predicted molar refractivity (Wildman–Crippen MR) is 137 cm³/mol. The maximum absolute atomic E-state index is 12.5. The number of sulfonamides is 1. The van der Waals surface area contributed by atoms with Crippen molar-refractivity contribution in [1.29, 1.82) is 0 Å². The van der Waals surface area contributed by atoms with Crippen LogP contribution in [-0.4, -0.2) is 37.1 Å². The van der Waals surface area contributed by atoms with Crippen molar-refractivity contribution in [3.8, 4) is 0 Å². The van der Waals surface area contributed by atoms with E-state index in [4.69, 9.17) is 16.3 Å². The number of benzene rings is 1. The summed E-state index contributed by atoms with van der Waals surface area (Å²) in [7, 11) is -3.61. The number of carbonyl (C=O) groups is 1. The van der Waals surface area contributed by atoms with Crippen LogP contribution in [0.4, 0.5) is 0 Å². The molecular formula is C26H32ClN3O4S. The number of pyridine rings is 1. The fourth-order valence-corrected chi connectivity index (χ4v) is 5.00. The monoisotopic (exact) mass is 517 g/mol. The number of halogens is 1. The second-order valence-electron chi connectivity index (χ2n) is 8.46. The number of carbonyl (C=O) groups excluding carboxylic acids is 1. The van der Waals surface area contributed by atoms with Gasteiger partial charge in [0.15, 0.2) is 0 Å². The zero-order valence-electron chi connectivity index (χ0n) is 20.1. The Bertz CT molecular complexity index is 1200. The van der Waals surface area contributed by atoms with Crippen LogP contribution in [0.25, 0.3) is 0 Å². The number of nitrogens with zero attached hydrogens (tertiary/aromatic N) is 2. The van der Waals surface area contributed by atoms with Gasteiger partial charge in [0.2, 0.25) is 10.0 Å². The van der Waals surface area contributed by atoms with Gasteiger partial charge in [-0.15, -0.1) is 0 Å². The molecule has 3 rings (SSSR count). The third-order valence-corrected chi connectivity index (χ3v) is 7.39. The highest BCUT2D eigenvalue weighted by atomic mass is 35.5. The minimum atomic E-state index is -3.61. The molecule has 0 aliphatic rings. The largest absolute Gasteiger partial charge is 0.466 e. The molecule has 35 heavy (non-hydrogen) atoms. The lowest BCUT2D eigenvalue weighted by Crippen LogP contribution is -2.25. The maximum atomic E-state index is 12.5. The van der Waals surface area contributed by atoms with E-state index >= 15 is 0 Å². The SMILES string of the molecule is CCOC(=O)C(C)Cc1cc(CCNS(=O)(=O)c2ccc(Cl)cc2)cn1CCCc1cccnc1. The van der Waals surface area contributed by atoms with Crippen LogP contribution in [-0.2, 0) is 45.4 Å². The average Bonchev–Trinajstić information content (AvgIpc) is 3.21. The lowest BCUT2D eigenvalue weighted by atomic mass is 10.1. The van der Waals surface area contributed by atoms with Crippen molar-refractivity contribution in [2.24, 2.45) is 5.92 Å². The van der Waals surface area contributed by atoms with Crippen LogP contribution >= 0.6 is 11.6 Å². The summed E-state index contributed by atoms with van der Waals surface area (Å²) in [4.78, 5) is 16.5. The molecule has 188 valence electrons. The van der Waals surface area contributed by atoms with Crippen molar-refractivity contribution in [2.75, 3.05) is 13.2 Å². The lowest BCUT2D eigenvalue weighted by molar-refractivity contribution is -0.147. The Morgan fingerprint density at radius 1 is 1.17 bits per heavy atom. The summed E-state index contributed by atoms with van der Waals surface area (Å²) in [5.41, 5.74) is 3.22. The van der Waals surface area contributed by atoms with Crippen molar-refractivity contribution < 1.29 is 17.9 Å². The first-order valence-electron chi connectivity index (χ1n) is 11.8. The molecular weight excluding hydrogens is 486 g/mol. The number of rotatable bonds is 13. The minimum Gasteiger partial charge on any atom is -0.466 e. The number of hydrogen-bond acceptors (Lipinski definition) is 5. The summed E-state index contributed by atoms with van der Waals surface area (Å²) in [6.07, 6.45) is 8.59. The lowest BCUT2D eigenvalue weighted by Gasteiger charge is -2.13. The molecule has 0 aliphatic heterocycles. The van der Waals surface area contributed by atoms with Crippen LogP contribution in [0.1, 0.15) is 37.1 Å². The molecule has 0 bridgehead atoms. The van der Waals surface area contributed by atoms with Gasteiger partial charge in [0.1, 0.15) is 0 Å². The van der Waals surface area contributed by atoms with Crippen molar-refractivity contribution in [2.45, 2.75) is 51.0 Å². The Morgan fingerprint density at radius 3 is 2.63 bits per heavy atom. The van der Waals surface area contributed by atoms with E-state index in [-0.39, 0.29) is 23.3 Å². The third-order valence-electron chi connectivity index (χ3n) is 5.66. The quantitative estimate of drug-likeness (QED) is 0.339. The van der Waals surface area contributed by atoms with Crippen LogP contribution in [0.15, 0.2) is 66.0 Å². The number of esters is 1. The average molecular weight is 518 g/mol. The number of aryl methyl sites for hydroxylation is 2. The number of nitrogens with one attached hydrogen (secondary N) is 1. The second kappa shape index (κ2) is 12.9. The van der Waals surface area contributed by atoms with Crippen LogP contribution < -0.4 is 4.72 Å². The summed E-state index contributed by atoms with van der Waals surface area (Å²) >= 11 is 5.86. The summed E-state index contributed by atoms with van der Waals surface area (Å²) in [6, 6.07) is 12.1. The molecule has 3 aromatic rings. The molecule has 0 spiro atoms. The van der Waals surface area contributed by atoms with Crippen LogP contribution in [0.2, 0.25) is 5.02 Å². The number of aromatic nitrogens is 2. The fourth-order valence-electron chi connectivity index (χ4n) is 3.85. The number of ether oxygens (including phenoxy) is 1. The molecule has 1 N–H and O–H groups in total. The van der Waals surface area contributed by atoms with Gasteiger partial charge in [-0.25, -0.2) is 13.1 Å². The van der Waals surface area contributed by atoms with Gasteiger partial charge in [0.05, 0.1) is 17.4 Å². The van der Waals surface area contributed by atoms with E-state index < -0.39 is 10.0 Å². The van der Waals surface area contributed by atoms with Gasteiger partial charge < -0.3 is 9.30 Å². The van der Waals surface area contributed by atoms with Crippen molar-refractivity contribution in [3.05, 3.63) is 82.9 Å². The zero-order valence-corrected chi connectivity index (χ0v) is 21.7. The predicted octanol–water partition coefficient (Wildman–Crippen LogP) is 4.43. The van der Waals surface area contributed by atoms with Gasteiger partial charge >= 0.3 is 5.97 Å². The highest BCUT2D eigenvalue weighted by Crippen LogP contribution is 2.18. The molecule has 1 unspecified atom stereocenters. The second-order valence-corrected chi connectivity index (χ2v) is 10.7. The molecule has 7 nitrogen and oxygen atoms in total. The molecule has 9 heteroatoms.